The minimum atomic E-state index is 0.642. The summed E-state index contributed by atoms with van der Waals surface area (Å²) in [5.41, 5.74) is 4.67. The van der Waals surface area contributed by atoms with E-state index in [1.165, 1.54) is 22.3 Å². The van der Waals surface area contributed by atoms with Crippen LogP contribution in [0.1, 0.15) is 51.4 Å². The highest BCUT2D eigenvalue weighted by atomic mass is 16.5. The average Bonchev–Trinajstić information content (AvgIpc) is 3.14. The van der Waals surface area contributed by atoms with Gasteiger partial charge < -0.3 is 28.4 Å². The Morgan fingerprint density at radius 3 is 0.958 bits per heavy atom. The van der Waals surface area contributed by atoms with Gasteiger partial charge in [-0.15, -0.1) is 0 Å². The molecule has 0 aliphatic carbocycles. The molecule has 4 aromatic carbocycles. The third-order valence-corrected chi connectivity index (χ3v) is 8.05. The Kier molecular flexibility index (Phi) is 17.0. The van der Waals surface area contributed by atoms with E-state index in [4.69, 9.17) is 28.4 Å². The van der Waals surface area contributed by atoms with Gasteiger partial charge in [0.15, 0.2) is 0 Å². The average molecular weight is 653 g/mol. The van der Waals surface area contributed by atoms with Gasteiger partial charge in [0, 0.05) is 13.2 Å². The molecule has 0 saturated carbocycles. The standard InChI is InChI=1S/C42H52O6/c1-43-39-21-13-35(14-22-39)37-17-25-41(26-18-37)47-33-9-5-3-7-29-45-31-11-12-32-46-30-8-4-6-10-34-48-42-27-19-38(20-28-42)36-15-23-40(44-2)24-16-36/h11-28H,3-10,29-34H2,1-2H3/b12-11-. The van der Waals surface area contributed by atoms with Crippen molar-refractivity contribution in [2.75, 3.05) is 53.9 Å². The lowest BCUT2D eigenvalue weighted by Crippen LogP contribution is -1.99. The number of unbranched alkanes of at least 4 members (excludes halogenated alkanes) is 6. The Morgan fingerprint density at radius 2 is 0.646 bits per heavy atom. The fraction of sp³-hybridized carbons (Fsp3) is 0.381. The normalized spacial score (nSPS) is 11.1. The number of hydrogen-bond acceptors (Lipinski definition) is 6. The van der Waals surface area contributed by atoms with Crippen molar-refractivity contribution in [3.8, 4) is 45.3 Å². The summed E-state index contributed by atoms with van der Waals surface area (Å²) in [6.45, 7) is 4.34. The molecular weight excluding hydrogens is 600 g/mol. The quantitative estimate of drug-likeness (QED) is 0.0555. The van der Waals surface area contributed by atoms with Crippen LogP contribution < -0.4 is 18.9 Å². The smallest absolute Gasteiger partial charge is 0.119 e. The maximum Gasteiger partial charge on any atom is 0.119 e. The van der Waals surface area contributed by atoms with Gasteiger partial charge in [-0.3, -0.25) is 0 Å². The van der Waals surface area contributed by atoms with Gasteiger partial charge in [0.05, 0.1) is 40.6 Å². The van der Waals surface area contributed by atoms with Crippen LogP contribution in [-0.4, -0.2) is 53.9 Å². The van der Waals surface area contributed by atoms with Crippen LogP contribution in [0.3, 0.4) is 0 Å². The third-order valence-electron chi connectivity index (χ3n) is 8.05. The molecule has 0 radical (unpaired) electrons. The predicted molar refractivity (Wildman–Crippen MR) is 196 cm³/mol. The van der Waals surface area contributed by atoms with Gasteiger partial charge in [-0.2, -0.15) is 0 Å². The first kappa shape index (κ1) is 36.6. The summed E-state index contributed by atoms with van der Waals surface area (Å²) in [6, 6.07) is 32.7. The minimum absolute atomic E-state index is 0.642. The molecule has 6 nitrogen and oxygen atoms in total. The molecule has 0 N–H and O–H groups in total. The number of ether oxygens (including phenoxy) is 6. The van der Waals surface area contributed by atoms with Crippen molar-refractivity contribution in [3.63, 3.8) is 0 Å². The highest BCUT2D eigenvalue weighted by molar-refractivity contribution is 5.65. The van der Waals surface area contributed by atoms with Gasteiger partial charge in [0.2, 0.25) is 0 Å². The molecule has 0 aliphatic rings. The molecule has 6 heteroatoms. The first-order chi connectivity index (χ1) is 23.7. The number of hydrogen-bond donors (Lipinski definition) is 0. The van der Waals surface area contributed by atoms with E-state index in [2.05, 4.69) is 60.7 Å². The van der Waals surface area contributed by atoms with Crippen LogP contribution in [0.25, 0.3) is 22.3 Å². The zero-order chi connectivity index (χ0) is 33.5. The maximum atomic E-state index is 5.92. The van der Waals surface area contributed by atoms with E-state index in [-0.39, 0.29) is 0 Å². The number of benzene rings is 4. The van der Waals surface area contributed by atoms with Crippen molar-refractivity contribution >= 4 is 0 Å². The molecule has 0 aliphatic heterocycles. The Bertz CT molecular complexity index is 1300. The molecule has 0 saturated heterocycles. The summed E-state index contributed by atoms with van der Waals surface area (Å²) in [5.74, 6) is 3.56. The van der Waals surface area contributed by atoms with Crippen molar-refractivity contribution in [2.45, 2.75) is 51.4 Å². The van der Waals surface area contributed by atoms with Crippen LogP contribution >= 0.6 is 0 Å². The van der Waals surface area contributed by atoms with Crippen molar-refractivity contribution in [2.24, 2.45) is 0 Å². The summed E-state index contributed by atoms with van der Waals surface area (Å²) in [7, 11) is 3.36. The molecule has 0 fully saturated rings. The van der Waals surface area contributed by atoms with Gasteiger partial charge in [0.25, 0.3) is 0 Å². The molecule has 256 valence electrons. The summed E-state index contributed by atoms with van der Waals surface area (Å²) < 4.78 is 33.7. The molecule has 4 aromatic rings. The molecule has 48 heavy (non-hydrogen) atoms. The van der Waals surface area contributed by atoms with E-state index in [1.54, 1.807) is 14.2 Å². The lowest BCUT2D eigenvalue weighted by atomic mass is 10.1. The molecule has 0 bridgehead atoms. The van der Waals surface area contributed by atoms with Crippen LogP contribution in [0.4, 0.5) is 0 Å². The lowest BCUT2D eigenvalue weighted by molar-refractivity contribution is 0.148. The Labute approximate surface area is 287 Å². The Balaban J connectivity index is 0.888. The Hall–Kier alpha value is -4.26. The molecule has 0 aromatic heterocycles. The van der Waals surface area contributed by atoms with Crippen LogP contribution in [-0.2, 0) is 9.47 Å². The molecular formula is C42H52O6. The molecule has 0 amide bonds. The van der Waals surface area contributed by atoms with Crippen LogP contribution in [0.5, 0.6) is 23.0 Å². The second-order valence-corrected chi connectivity index (χ2v) is 11.7. The van der Waals surface area contributed by atoms with Crippen LogP contribution in [0, 0.1) is 0 Å². The first-order valence-corrected chi connectivity index (χ1v) is 17.3. The van der Waals surface area contributed by atoms with E-state index >= 15 is 0 Å². The summed E-state index contributed by atoms with van der Waals surface area (Å²) in [4.78, 5) is 0. The summed E-state index contributed by atoms with van der Waals surface area (Å²) in [5, 5.41) is 0. The van der Waals surface area contributed by atoms with Gasteiger partial charge in [-0.25, -0.2) is 0 Å². The molecule has 0 heterocycles. The van der Waals surface area contributed by atoms with E-state index in [0.29, 0.717) is 13.2 Å². The van der Waals surface area contributed by atoms with E-state index < -0.39 is 0 Å². The van der Waals surface area contributed by atoms with Gasteiger partial charge in [0.1, 0.15) is 23.0 Å². The topological polar surface area (TPSA) is 55.4 Å². The fourth-order valence-corrected chi connectivity index (χ4v) is 5.19. The number of rotatable bonds is 24. The maximum absolute atomic E-state index is 5.92. The second-order valence-electron chi connectivity index (χ2n) is 11.7. The molecule has 4 rings (SSSR count). The van der Waals surface area contributed by atoms with Crippen molar-refractivity contribution in [3.05, 3.63) is 109 Å². The largest absolute Gasteiger partial charge is 0.497 e. The van der Waals surface area contributed by atoms with Crippen LogP contribution in [0.2, 0.25) is 0 Å². The lowest BCUT2D eigenvalue weighted by Gasteiger charge is -2.08. The molecule has 0 unspecified atom stereocenters. The van der Waals surface area contributed by atoms with Crippen molar-refractivity contribution < 1.29 is 28.4 Å². The highest BCUT2D eigenvalue weighted by Crippen LogP contribution is 2.26. The summed E-state index contributed by atoms with van der Waals surface area (Å²) >= 11 is 0. The molecule has 0 atom stereocenters. The third kappa shape index (κ3) is 13.8. The van der Waals surface area contributed by atoms with Gasteiger partial charge in [-0.1, -0.05) is 73.5 Å². The zero-order valence-electron chi connectivity index (χ0n) is 28.7. The highest BCUT2D eigenvalue weighted by Gasteiger charge is 2.02. The second kappa shape index (κ2) is 22.3. The predicted octanol–water partition coefficient (Wildman–Crippen LogP) is 10.2. The number of methoxy groups -OCH3 is 2. The Morgan fingerprint density at radius 1 is 0.354 bits per heavy atom. The summed E-state index contributed by atoms with van der Waals surface area (Å²) in [6.07, 6.45) is 12.9. The van der Waals surface area contributed by atoms with E-state index in [0.717, 1.165) is 101 Å². The van der Waals surface area contributed by atoms with Crippen LogP contribution in [0.15, 0.2) is 109 Å². The fourth-order valence-electron chi connectivity index (χ4n) is 5.19. The monoisotopic (exact) mass is 652 g/mol. The zero-order valence-corrected chi connectivity index (χ0v) is 28.7. The van der Waals surface area contributed by atoms with Crippen molar-refractivity contribution in [1.82, 2.24) is 0 Å². The van der Waals surface area contributed by atoms with Gasteiger partial charge in [-0.05, 0) is 109 Å². The van der Waals surface area contributed by atoms with E-state index in [9.17, 15) is 0 Å². The molecule has 0 spiro atoms. The minimum Gasteiger partial charge on any atom is -0.497 e. The van der Waals surface area contributed by atoms with Crippen molar-refractivity contribution in [1.29, 1.82) is 0 Å². The SMILES string of the molecule is COc1ccc(-c2ccc(OCCCCCCOC/C=C\COCCCCCCOc3ccc(-c4ccc(OC)cc4)cc3)cc2)cc1. The van der Waals surface area contributed by atoms with Gasteiger partial charge >= 0.3 is 0 Å². The first-order valence-electron chi connectivity index (χ1n) is 17.3. The van der Waals surface area contributed by atoms with E-state index in [1.807, 2.05) is 48.5 Å².